The first kappa shape index (κ1) is 43.4. The van der Waals surface area contributed by atoms with Crippen molar-refractivity contribution in [3.8, 4) is 0 Å². The van der Waals surface area contributed by atoms with Gasteiger partial charge in [0.25, 0.3) is 11.5 Å². The highest BCUT2D eigenvalue weighted by Gasteiger charge is 2.53. The summed E-state index contributed by atoms with van der Waals surface area (Å²) in [6.45, 7) is 16.0. The molecule has 2 aliphatic rings. The summed E-state index contributed by atoms with van der Waals surface area (Å²) in [5, 5.41) is 23.7. The van der Waals surface area contributed by atoms with Gasteiger partial charge in [-0.2, -0.15) is 0 Å². The van der Waals surface area contributed by atoms with Crippen molar-refractivity contribution in [2.75, 3.05) is 31.7 Å². The molecular weight excluding hydrogens is 828 g/mol. The number of hydrogen-bond acceptors (Lipinski definition) is 14. The average molecular weight is 872 g/mol. The Labute approximate surface area is 343 Å². The summed E-state index contributed by atoms with van der Waals surface area (Å²) in [4.78, 5) is 48.0. The summed E-state index contributed by atoms with van der Waals surface area (Å²) in [6.07, 6.45) is -6.22. The molecule has 2 saturated heterocycles. The summed E-state index contributed by atoms with van der Waals surface area (Å²) in [6, 6.07) is 8.45. The molecule has 3 unspecified atom stereocenters. The van der Waals surface area contributed by atoms with Crippen molar-refractivity contribution in [3.05, 3.63) is 88.7 Å². The number of nitrogens with zero attached hydrogens (tertiary/aromatic N) is 7. The Morgan fingerprint density at radius 3 is 2.53 bits per heavy atom. The molecule has 4 aromatic heterocycles. The molecule has 7 rings (SSSR count). The van der Waals surface area contributed by atoms with E-state index in [-0.39, 0.29) is 46.2 Å². The van der Waals surface area contributed by atoms with Crippen LogP contribution in [0, 0.1) is 12.4 Å². The highest BCUT2D eigenvalue weighted by Crippen LogP contribution is 2.50. The first-order valence-corrected chi connectivity index (χ1v) is 22.9. The fraction of sp³-hybridized carbons (Fsp3) is 0.486. The molecule has 9 atom stereocenters. The van der Waals surface area contributed by atoms with E-state index >= 15 is 8.78 Å². The fourth-order valence-corrected chi connectivity index (χ4v) is 8.98. The van der Waals surface area contributed by atoms with Gasteiger partial charge in [-0.1, -0.05) is 39.0 Å². The minimum atomic E-state index is -2.70. The maximum absolute atomic E-state index is 15.9. The number of hydrogen-bond donors (Lipinski definition) is 4. The van der Waals surface area contributed by atoms with E-state index in [0.717, 1.165) is 12.5 Å². The van der Waals surface area contributed by atoms with Gasteiger partial charge in [0.15, 0.2) is 55.4 Å². The number of nitrogens with one attached hydrogen (secondary N) is 2. The molecule has 19 nitrogen and oxygen atoms in total. The lowest BCUT2D eigenvalue weighted by atomic mass is 10.1. The molecule has 0 aliphatic carbocycles. The maximum atomic E-state index is 15.9. The third-order valence-corrected chi connectivity index (χ3v) is 16.3. The van der Waals surface area contributed by atoms with Gasteiger partial charge in [-0.3, -0.25) is 14.2 Å². The molecule has 0 spiro atoms. The highest BCUT2D eigenvalue weighted by molar-refractivity contribution is 7.41. The van der Waals surface area contributed by atoms with Crippen LogP contribution in [0.3, 0.4) is 0 Å². The lowest BCUT2D eigenvalue weighted by molar-refractivity contribution is -0.0536. The molecule has 2 fully saturated rings. The number of amides is 1. The van der Waals surface area contributed by atoms with Crippen LogP contribution in [0.2, 0.25) is 18.1 Å². The van der Waals surface area contributed by atoms with Gasteiger partial charge in [0.05, 0.1) is 25.9 Å². The lowest BCUT2D eigenvalue weighted by Crippen LogP contribution is -2.49. The van der Waals surface area contributed by atoms with Gasteiger partial charge in [-0.05, 0) is 30.3 Å². The molecule has 0 bridgehead atoms. The standard InChI is InChI=1S/C37H44F2N9O10PSi/c1-37(2,3)60(5,6)58-29-28(22(15-49)55-36(29)47-14-21(38)24-31(47)42-18-44-34(24)52)57-59(53-13-12-40-4)54-16-23-27(50)25(39)35(56-23)48-19-45-26-30(41-17-43-32(26)48)46-33(51)20-10-8-7-9-11-20/h7-11,14,17-19,22-23,25,27-29,35-36,49-50H,12-13,15-16H2,1-3,5-6H3,(H,42,44,52)(H,41,43,46,51)/t22-,23-,25+,27?,28?,29+,35-,36-,59?/m1/s1. The van der Waals surface area contributed by atoms with Crippen molar-refractivity contribution in [3.63, 3.8) is 0 Å². The highest BCUT2D eigenvalue weighted by atomic mass is 31.2. The Hall–Kier alpha value is -4.66. The molecule has 320 valence electrons. The number of H-pyrrole nitrogens is 1. The quantitative estimate of drug-likeness (QED) is 0.0496. The van der Waals surface area contributed by atoms with E-state index in [1.165, 1.54) is 21.8 Å². The second-order valence-corrected chi connectivity index (χ2v) is 21.5. The van der Waals surface area contributed by atoms with Crippen molar-refractivity contribution in [2.24, 2.45) is 0 Å². The van der Waals surface area contributed by atoms with Crippen LogP contribution < -0.4 is 10.9 Å². The van der Waals surface area contributed by atoms with Crippen LogP contribution >= 0.6 is 8.60 Å². The number of aliphatic hydroxyl groups is 2. The fourth-order valence-electron chi connectivity index (χ4n) is 6.55. The van der Waals surface area contributed by atoms with E-state index in [9.17, 15) is 19.8 Å². The second kappa shape index (κ2) is 17.7. The van der Waals surface area contributed by atoms with Crippen LogP contribution in [0.25, 0.3) is 27.0 Å². The largest absolute Gasteiger partial charge is 0.407 e. The lowest BCUT2D eigenvalue weighted by Gasteiger charge is -2.40. The Bertz CT molecular complexity index is 2410. The number of aromatic amines is 1. The summed E-state index contributed by atoms with van der Waals surface area (Å²) in [5.41, 5.74) is -0.0715. The number of aliphatic hydroxyl groups excluding tert-OH is 2. The monoisotopic (exact) mass is 871 g/mol. The molecule has 0 saturated carbocycles. The zero-order valence-corrected chi connectivity index (χ0v) is 35.0. The molecule has 6 heterocycles. The third-order valence-electron chi connectivity index (χ3n) is 10.7. The zero-order valence-electron chi connectivity index (χ0n) is 33.1. The molecule has 5 aromatic rings. The number of rotatable bonds is 15. The normalized spacial score (nSPS) is 25.2. The number of imidazole rings is 1. The predicted octanol–water partition coefficient (Wildman–Crippen LogP) is 4.40. The van der Waals surface area contributed by atoms with Gasteiger partial charge in [0.1, 0.15) is 48.8 Å². The van der Waals surface area contributed by atoms with Crippen molar-refractivity contribution in [2.45, 2.75) is 88.1 Å². The van der Waals surface area contributed by atoms with Gasteiger partial charge in [-0.15, -0.1) is 0 Å². The number of fused-ring (bicyclic) bond motifs is 2. The molecule has 23 heteroatoms. The number of halogens is 2. The van der Waals surface area contributed by atoms with E-state index in [1.807, 2.05) is 33.9 Å². The van der Waals surface area contributed by atoms with Crippen LogP contribution in [0.4, 0.5) is 14.6 Å². The van der Waals surface area contributed by atoms with Crippen molar-refractivity contribution < 1.29 is 51.3 Å². The molecule has 1 amide bonds. The number of carbonyl (C=O) groups is 1. The molecule has 0 radical (unpaired) electrons. The SMILES string of the molecule is [C-]#[N+]CCOP(OC[C@H]1O[C@@H](n2cnc3c(NC(=O)c4ccccc4)ncnc32)[C@@H](F)C1O)OC1[C@@H](CO)O[C@@H](n2cc(F)c3c(=O)[nH]cnc32)[C@H]1O[Si](C)(C)C(C)(C)C. The van der Waals surface area contributed by atoms with Crippen LogP contribution in [-0.2, 0) is 27.5 Å². The molecule has 4 N–H and O–H groups in total. The summed E-state index contributed by atoms with van der Waals surface area (Å²) >= 11 is 0. The van der Waals surface area contributed by atoms with Gasteiger partial charge in [-0.25, -0.2) is 35.3 Å². The molecular formula is C37H44F2N9O10PSi. The van der Waals surface area contributed by atoms with Crippen molar-refractivity contribution in [1.29, 1.82) is 0 Å². The minimum absolute atomic E-state index is 0.0257. The van der Waals surface area contributed by atoms with Gasteiger partial charge < -0.3 is 57.4 Å². The van der Waals surface area contributed by atoms with E-state index < -0.39 is 96.6 Å². The van der Waals surface area contributed by atoms with Crippen LogP contribution in [-0.4, -0.2) is 122 Å². The Morgan fingerprint density at radius 2 is 1.82 bits per heavy atom. The van der Waals surface area contributed by atoms with Gasteiger partial charge in [0.2, 0.25) is 6.54 Å². The van der Waals surface area contributed by atoms with Crippen LogP contribution in [0.1, 0.15) is 43.6 Å². The predicted molar refractivity (Wildman–Crippen MR) is 213 cm³/mol. The van der Waals surface area contributed by atoms with E-state index in [0.29, 0.717) is 5.56 Å². The molecule has 1 aromatic carbocycles. The third kappa shape index (κ3) is 8.60. The first-order valence-electron chi connectivity index (χ1n) is 18.9. The van der Waals surface area contributed by atoms with E-state index in [2.05, 4.69) is 35.1 Å². The van der Waals surface area contributed by atoms with Crippen LogP contribution in [0.5, 0.6) is 0 Å². The topological polar surface area (TPSA) is 224 Å². The van der Waals surface area contributed by atoms with Crippen molar-refractivity contribution in [1.82, 2.24) is 34.1 Å². The number of anilines is 1. The number of aromatic nitrogens is 7. The Morgan fingerprint density at radius 1 is 1.07 bits per heavy atom. The Balaban J connectivity index is 1.12. The number of carbonyl (C=O) groups excluding carboxylic acids is 1. The smallest absolute Gasteiger partial charge is 0.333 e. The van der Waals surface area contributed by atoms with Gasteiger partial charge >= 0.3 is 8.60 Å². The number of alkyl halides is 1. The maximum Gasteiger partial charge on any atom is 0.333 e. The molecule has 2 aliphatic heterocycles. The van der Waals surface area contributed by atoms with E-state index in [1.54, 1.807) is 30.3 Å². The number of benzene rings is 1. The summed E-state index contributed by atoms with van der Waals surface area (Å²) in [5.74, 6) is -1.21. The average Bonchev–Trinajstić information content (AvgIpc) is 3.96. The zero-order chi connectivity index (χ0) is 42.9. The van der Waals surface area contributed by atoms with E-state index in [4.69, 9.17) is 34.0 Å². The number of ether oxygens (including phenoxy) is 2. The second-order valence-electron chi connectivity index (χ2n) is 15.6. The van der Waals surface area contributed by atoms with Gasteiger partial charge in [0, 0.05) is 11.8 Å². The van der Waals surface area contributed by atoms with Crippen molar-refractivity contribution >= 4 is 50.8 Å². The summed E-state index contributed by atoms with van der Waals surface area (Å²) < 4.78 is 71.2. The minimum Gasteiger partial charge on any atom is -0.407 e. The van der Waals surface area contributed by atoms with Crippen LogP contribution in [0.15, 0.2) is 60.3 Å². The Kier molecular flexibility index (Phi) is 12.8. The first-order chi connectivity index (χ1) is 28.6. The summed E-state index contributed by atoms with van der Waals surface area (Å²) in [7, 11) is -5.15. The molecule has 60 heavy (non-hydrogen) atoms.